The van der Waals surface area contributed by atoms with Crippen molar-refractivity contribution in [1.29, 1.82) is 0 Å². The summed E-state index contributed by atoms with van der Waals surface area (Å²) in [5.41, 5.74) is 0. The van der Waals surface area contributed by atoms with Gasteiger partial charge in [-0.05, 0) is 30.7 Å². The lowest BCUT2D eigenvalue weighted by molar-refractivity contribution is -0.389. The van der Waals surface area contributed by atoms with Gasteiger partial charge in [0, 0.05) is 18.0 Å². The van der Waals surface area contributed by atoms with Crippen molar-refractivity contribution in [3.8, 4) is 0 Å². The molecule has 0 amide bonds. The van der Waals surface area contributed by atoms with Crippen molar-refractivity contribution in [2.24, 2.45) is 0 Å². The highest BCUT2D eigenvalue weighted by Gasteiger charge is 2.23. The summed E-state index contributed by atoms with van der Waals surface area (Å²) in [5, 5.41) is 19.4. The third kappa shape index (κ3) is 2.41. The van der Waals surface area contributed by atoms with Crippen molar-refractivity contribution < 1.29 is 4.92 Å². The first-order valence-electron chi connectivity index (χ1n) is 6.33. The number of rotatable bonds is 5. The van der Waals surface area contributed by atoms with Crippen molar-refractivity contribution in [3.05, 3.63) is 21.7 Å². The molecule has 1 aliphatic rings. The first-order valence-corrected chi connectivity index (χ1v) is 7.21. The number of thiazole rings is 1. The van der Waals surface area contributed by atoms with E-state index in [0.29, 0.717) is 23.4 Å². The number of aromatic nitrogens is 2. The molecule has 7 nitrogen and oxygen atoms in total. The summed E-state index contributed by atoms with van der Waals surface area (Å²) in [6.45, 7) is 1.77. The molecule has 2 aromatic heterocycles. The molecule has 2 N–H and O–H groups in total. The number of anilines is 1. The molecule has 0 spiro atoms. The minimum absolute atomic E-state index is 0.0237. The number of nitro groups is 1. The molecule has 1 atom stereocenters. The van der Waals surface area contributed by atoms with Crippen LogP contribution >= 0.6 is 11.3 Å². The summed E-state index contributed by atoms with van der Waals surface area (Å²) < 4.78 is 1.51. The second-order valence-electron chi connectivity index (χ2n) is 4.61. The van der Waals surface area contributed by atoms with Crippen LogP contribution in [0.15, 0.2) is 11.6 Å². The summed E-state index contributed by atoms with van der Waals surface area (Å²) >= 11 is 1.39. The van der Waals surface area contributed by atoms with Crippen LogP contribution in [0.2, 0.25) is 0 Å². The second-order valence-corrected chi connectivity index (χ2v) is 5.48. The van der Waals surface area contributed by atoms with Gasteiger partial charge in [0.1, 0.15) is 6.20 Å². The average Bonchev–Trinajstić information content (AvgIpc) is 3.02. The normalized spacial score (nSPS) is 19.1. The zero-order chi connectivity index (χ0) is 13.2. The van der Waals surface area contributed by atoms with Gasteiger partial charge < -0.3 is 20.7 Å². The van der Waals surface area contributed by atoms with E-state index in [0.717, 1.165) is 13.0 Å². The third-order valence-electron chi connectivity index (χ3n) is 3.36. The Kier molecular flexibility index (Phi) is 3.34. The molecule has 1 saturated heterocycles. The van der Waals surface area contributed by atoms with E-state index >= 15 is 0 Å². The zero-order valence-electron chi connectivity index (χ0n) is 10.3. The van der Waals surface area contributed by atoms with Crippen LogP contribution in [0.4, 0.5) is 11.6 Å². The molecule has 0 bridgehead atoms. The molecule has 102 valence electrons. The Morgan fingerprint density at radius 3 is 3.32 bits per heavy atom. The Morgan fingerprint density at radius 2 is 2.58 bits per heavy atom. The lowest BCUT2D eigenvalue weighted by Crippen LogP contribution is -2.24. The van der Waals surface area contributed by atoms with Crippen molar-refractivity contribution in [2.45, 2.75) is 25.3 Å². The quantitative estimate of drug-likeness (QED) is 0.645. The number of imidazole rings is 1. The fraction of sp³-hybridized carbons (Fsp3) is 0.545. The van der Waals surface area contributed by atoms with Crippen molar-refractivity contribution >= 4 is 27.9 Å². The van der Waals surface area contributed by atoms with Crippen LogP contribution in [0.3, 0.4) is 0 Å². The maximum absolute atomic E-state index is 11.1. The van der Waals surface area contributed by atoms with Crippen molar-refractivity contribution in [2.75, 3.05) is 18.4 Å². The van der Waals surface area contributed by atoms with Crippen LogP contribution in [-0.2, 0) is 0 Å². The lowest BCUT2D eigenvalue weighted by atomic mass is 10.1. The van der Waals surface area contributed by atoms with Gasteiger partial charge in [-0.2, -0.15) is 9.38 Å². The van der Waals surface area contributed by atoms with Crippen molar-refractivity contribution in [3.63, 3.8) is 0 Å². The van der Waals surface area contributed by atoms with Gasteiger partial charge in [0.15, 0.2) is 0 Å². The van der Waals surface area contributed by atoms with Crippen LogP contribution in [-0.4, -0.2) is 33.4 Å². The smallest absolute Gasteiger partial charge is 0.363 e. The van der Waals surface area contributed by atoms with Crippen LogP contribution in [0.5, 0.6) is 0 Å². The molecule has 0 unspecified atom stereocenters. The van der Waals surface area contributed by atoms with Gasteiger partial charge in [0.05, 0.1) is 0 Å². The predicted molar refractivity (Wildman–Crippen MR) is 73.9 cm³/mol. The molecule has 1 aliphatic heterocycles. The highest BCUT2D eigenvalue weighted by atomic mass is 32.1. The molecule has 3 rings (SSSR count). The maximum atomic E-state index is 11.1. The number of nitrogens with zero attached hydrogens (tertiary/aromatic N) is 3. The lowest BCUT2D eigenvalue weighted by Gasteiger charge is -2.09. The van der Waals surface area contributed by atoms with Gasteiger partial charge in [0.2, 0.25) is 5.82 Å². The summed E-state index contributed by atoms with van der Waals surface area (Å²) in [4.78, 5) is 15.6. The van der Waals surface area contributed by atoms with Crippen LogP contribution in [0, 0.1) is 10.1 Å². The Hall–Kier alpha value is -1.67. The van der Waals surface area contributed by atoms with E-state index in [9.17, 15) is 10.1 Å². The van der Waals surface area contributed by atoms with E-state index < -0.39 is 0 Å². The molecular formula is C11H15N5O2S. The van der Waals surface area contributed by atoms with Crippen LogP contribution < -0.4 is 10.6 Å². The molecule has 8 heteroatoms. The summed E-state index contributed by atoms with van der Waals surface area (Å²) in [6, 6.07) is 0.523. The average molecular weight is 281 g/mol. The molecule has 2 aromatic rings. The molecule has 0 radical (unpaired) electrons. The summed E-state index contributed by atoms with van der Waals surface area (Å²) in [5.74, 6) is 0.394. The first kappa shape index (κ1) is 12.4. The monoisotopic (exact) mass is 281 g/mol. The molecule has 0 aromatic carbocycles. The Balaban J connectivity index is 1.70. The number of hydrogen-bond donors (Lipinski definition) is 2. The fourth-order valence-electron chi connectivity index (χ4n) is 2.43. The number of hydrogen-bond acceptors (Lipinski definition) is 6. The molecule has 3 heterocycles. The standard InChI is InChI=1S/C11H15N5O2S/c17-16(18)10-9(14-11-15(10)6-7-19-11)13-5-3-8-2-1-4-12-8/h6-8,12-13H,1-5H2/t8-/m0/s1. The highest BCUT2D eigenvalue weighted by molar-refractivity contribution is 7.15. The summed E-state index contributed by atoms with van der Waals surface area (Å²) in [7, 11) is 0. The van der Waals surface area contributed by atoms with Crippen molar-refractivity contribution in [1.82, 2.24) is 14.7 Å². The Morgan fingerprint density at radius 1 is 1.68 bits per heavy atom. The third-order valence-corrected chi connectivity index (χ3v) is 4.11. The zero-order valence-corrected chi connectivity index (χ0v) is 11.2. The van der Waals surface area contributed by atoms with Gasteiger partial charge in [0.25, 0.3) is 4.96 Å². The molecule has 0 aliphatic carbocycles. The minimum Gasteiger partial charge on any atom is -0.363 e. The van der Waals surface area contributed by atoms with E-state index in [4.69, 9.17) is 0 Å². The topological polar surface area (TPSA) is 84.5 Å². The van der Waals surface area contributed by atoms with E-state index in [-0.39, 0.29) is 10.7 Å². The van der Waals surface area contributed by atoms with Gasteiger partial charge in [-0.15, -0.1) is 0 Å². The Labute approximate surface area is 113 Å². The van der Waals surface area contributed by atoms with E-state index in [1.165, 1.54) is 28.6 Å². The largest absolute Gasteiger partial charge is 0.372 e. The molecular weight excluding hydrogens is 266 g/mol. The number of fused-ring (bicyclic) bond motifs is 1. The van der Waals surface area contributed by atoms with E-state index in [1.807, 2.05) is 0 Å². The van der Waals surface area contributed by atoms with Gasteiger partial charge in [-0.1, -0.05) is 11.3 Å². The Bertz CT molecular complexity index is 587. The number of nitrogens with one attached hydrogen (secondary N) is 2. The first-order chi connectivity index (χ1) is 9.25. The van der Waals surface area contributed by atoms with Crippen LogP contribution in [0.25, 0.3) is 4.96 Å². The second kappa shape index (κ2) is 5.14. The van der Waals surface area contributed by atoms with Gasteiger partial charge in [-0.25, -0.2) is 0 Å². The van der Waals surface area contributed by atoms with Gasteiger partial charge >= 0.3 is 5.82 Å². The molecule has 1 fully saturated rings. The predicted octanol–water partition coefficient (Wildman–Crippen LogP) is 1.86. The van der Waals surface area contributed by atoms with Crippen LogP contribution in [0.1, 0.15) is 19.3 Å². The summed E-state index contributed by atoms with van der Waals surface area (Å²) in [6.07, 6.45) is 5.03. The molecule has 19 heavy (non-hydrogen) atoms. The SMILES string of the molecule is O=[N+]([O-])c1c(NCC[C@@H]2CCCN2)nc2sccn12. The van der Waals surface area contributed by atoms with E-state index in [2.05, 4.69) is 15.6 Å². The maximum Gasteiger partial charge on any atom is 0.372 e. The minimum atomic E-state index is -0.386. The van der Waals surface area contributed by atoms with E-state index in [1.54, 1.807) is 11.6 Å². The highest BCUT2D eigenvalue weighted by Crippen LogP contribution is 2.27. The molecule has 0 saturated carbocycles. The fourth-order valence-corrected chi connectivity index (χ4v) is 3.14. The van der Waals surface area contributed by atoms with Gasteiger partial charge in [-0.3, -0.25) is 0 Å².